The number of carbonyl (C=O) groups excluding carboxylic acids is 2. The number of amides is 2. The second kappa shape index (κ2) is 9.85. The number of hydrazone groups is 1. The molecule has 0 saturated heterocycles. The van der Waals surface area contributed by atoms with Gasteiger partial charge in [-0.25, -0.2) is 5.43 Å². The Hall–Kier alpha value is -3.93. The first-order valence-electron chi connectivity index (χ1n) is 9.10. The highest BCUT2D eigenvalue weighted by Gasteiger charge is 2.07. The van der Waals surface area contributed by atoms with Crippen molar-refractivity contribution in [2.45, 2.75) is 6.92 Å². The Balaban J connectivity index is 1.48. The van der Waals surface area contributed by atoms with Gasteiger partial charge in [0.15, 0.2) is 0 Å². The van der Waals surface area contributed by atoms with E-state index in [-0.39, 0.29) is 12.5 Å². The van der Waals surface area contributed by atoms with Crippen LogP contribution in [0, 0.1) is 6.92 Å². The first-order valence-corrected chi connectivity index (χ1v) is 9.10. The highest BCUT2D eigenvalue weighted by Crippen LogP contribution is 2.21. The fraction of sp³-hybridized carbons (Fsp3) is 0.0870. The standard InChI is InChI=1S/C23H21N3O3/c1-17-10-12-19(13-11-17)23(28)24-16-22(27)26-25-15-18-6-5-9-21(14-18)29-20-7-3-2-4-8-20/h2-15H,16H2,1H3,(H,24,28)(H,26,27). The molecular formula is C23H21N3O3. The Morgan fingerprint density at radius 2 is 1.66 bits per heavy atom. The second-order valence-electron chi connectivity index (χ2n) is 6.33. The molecule has 0 spiro atoms. The highest BCUT2D eigenvalue weighted by atomic mass is 16.5. The van der Waals surface area contributed by atoms with Crippen molar-refractivity contribution >= 4 is 18.0 Å². The topological polar surface area (TPSA) is 79.8 Å². The van der Waals surface area contributed by atoms with E-state index < -0.39 is 5.91 Å². The van der Waals surface area contributed by atoms with Gasteiger partial charge in [0.2, 0.25) is 0 Å². The lowest BCUT2D eigenvalue weighted by Crippen LogP contribution is -2.34. The number of rotatable bonds is 7. The highest BCUT2D eigenvalue weighted by molar-refractivity contribution is 5.96. The quantitative estimate of drug-likeness (QED) is 0.480. The van der Waals surface area contributed by atoms with Gasteiger partial charge in [-0.15, -0.1) is 0 Å². The van der Waals surface area contributed by atoms with E-state index in [0.29, 0.717) is 11.3 Å². The predicted octanol–water partition coefficient (Wildman–Crippen LogP) is 3.67. The first kappa shape index (κ1) is 19.8. The van der Waals surface area contributed by atoms with Gasteiger partial charge in [-0.1, -0.05) is 48.0 Å². The number of hydrogen-bond acceptors (Lipinski definition) is 4. The minimum absolute atomic E-state index is 0.165. The molecule has 0 aliphatic carbocycles. The summed E-state index contributed by atoms with van der Waals surface area (Å²) in [7, 11) is 0. The van der Waals surface area contributed by atoms with Crippen LogP contribution in [0.5, 0.6) is 11.5 Å². The van der Waals surface area contributed by atoms with Crippen molar-refractivity contribution < 1.29 is 14.3 Å². The van der Waals surface area contributed by atoms with Gasteiger partial charge in [0, 0.05) is 5.56 Å². The Bertz CT molecular complexity index is 999. The lowest BCUT2D eigenvalue weighted by molar-refractivity contribution is -0.120. The number of aryl methyl sites for hydroxylation is 1. The van der Waals surface area contributed by atoms with Crippen molar-refractivity contribution in [3.8, 4) is 11.5 Å². The van der Waals surface area contributed by atoms with Gasteiger partial charge in [0.05, 0.1) is 12.8 Å². The smallest absolute Gasteiger partial charge is 0.259 e. The molecule has 29 heavy (non-hydrogen) atoms. The van der Waals surface area contributed by atoms with Crippen LogP contribution in [0.4, 0.5) is 0 Å². The summed E-state index contributed by atoms with van der Waals surface area (Å²) in [6.45, 7) is 1.78. The molecule has 3 aromatic carbocycles. The summed E-state index contributed by atoms with van der Waals surface area (Å²) in [5.74, 6) is 0.671. The minimum atomic E-state index is -0.418. The molecule has 6 nitrogen and oxygen atoms in total. The van der Waals surface area contributed by atoms with Crippen molar-refractivity contribution in [2.75, 3.05) is 6.54 Å². The Kier molecular flexibility index (Phi) is 6.73. The maximum atomic E-state index is 12.0. The molecule has 6 heteroatoms. The van der Waals surface area contributed by atoms with E-state index in [0.717, 1.165) is 16.9 Å². The second-order valence-corrected chi connectivity index (χ2v) is 6.33. The molecule has 3 aromatic rings. The molecule has 0 heterocycles. The fourth-order valence-corrected chi connectivity index (χ4v) is 2.47. The molecule has 0 unspecified atom stereocenters. The molecule has 2 amide bonds. The summed E-state index contributed by atoms with van der Waals surface area (Å²) in [6, 6.07) is 23.9. The largest absolute Gasteiger partial charge is 0.457 e. The summed E-state index contributed by atoms with van der Waals surface area (Å²) < 4.78 is 5.76. The molecule has 0 aromatic heterocycles. The SMILES string of the molecule is Cc1ccc(C(=O)NCC(=O)NN=Cc2cccc(Oc3ccccc3)c2)cc1. The van der Waals surface area contributed by atoms with Crippen molar-refractivity contribution in [1.82, 2.24) is 10.7 Å². The number of ether oxygens (including phenoxy) is 1. The van der Waals surface area contributed by atoms with Crippen LogP contribution in [-0.4, -0.2) is 24.6 Å². The number of para-hydroxylation sites is 1. The van der Waals surface area contributed by atoms with Crippen LogP contribution in [0.2, 0.25) is 0 Å². The lowest BCUT2D eigenvalue weighted by atomic mass is 10.1. The molecule has 3 rings (SSSR count). The van der Waals surface area contributed by atoms with E-state index in [9.17, 15) is 9.59 Å². The van der Waals surface area contributed by atoms with Crippen molar-refractivity contribution in [3.63, 3.8) is 0 Å². The molecule has 0 aliphatic rings. The van der Waals surface area contributed by atoms with Crippen LogP contribution in [0.15, 0.2) is 84.0 Å². The number of nitrogens with one attached hydrogen (secondary N) is 2. The average Bonchev–Trinajstić information content (AvgIpc) is 2.73. The van der Waals surface area contributed by atoms with E-state index >= 15 is 0 Å². The van der Waals surface area contributed by atoms with Crippen LogP contribution >= 0.6 is 0 Å². The monoisotopic (exact) mass is 387 g/mol. The first-order chi connectivity index (χ1) is 14.1. The zero-order chi connectivity index (χ0) is 20.5. The van der Waals surface area contributed by atoms with E-state index in [2.05, 4.69) is 15.8 Å². The number of hydrogen-bond donors (Lipinski definition) is 2. The summed E-state index contributed by atoms with van der Waals surface area (Å²) >= 11 is 0. The van der Waals surface area contributed by atoms with Gasteiger partial charge in [-0.3, -0.25) is 9.59 Å². The van der Waals surface area contributed by atoms with Crippen LogP contribution < -0.4 is 15.5 Å². The molecule has 0 radical (unpaired) electrons. The van der Waals surface area contributed by atoms with Crippen LogP contribution in [0.3, 0.4) is 0 Å². The minimum Gasteiger partial charge on any atom is -0.457 e. The Morgan fingerprint density at radius 3 is 2.41 bits per heavy atom. The van der Waals surface area contributed by atoms with Crippen LogP contribution in [0.25, 0.3) is 0 Å². The van der Waals surface area contributed by atoms with Gasteiger partial charge >= 0.3 is 0 Å². The third-order valence-electron chi connectivity index (χ3n) is 3.96. The molecule has 0 aliphatic heterocycles. The van der Waals surface area contributed by atoms with Crippen LogP contribution in [0.1, 0.15) is 21.5 Å². The maximum absolute atomic E-state index is 12.0. The number of benzene rings is 3. The Labute approximate surface area is 169 Å². The average molecular weight is 387 g/mol. The lowest BCUT2D eigenvalue weighted by Gasteiger charge is -2.06. The summed E-state index contributed by atoms with van der Waals surface area (Å²) in [6.07, 6.45) is 1.51. The van der Waals surface area contributed by atoms with Gasteiger partial charge < -0.3 is 10.1 Å². The van der Waals surface area contributed by atoms with E-state index in [1.807, 2.05) is 73.7 Å². The summed E-state index contributed by atoms with van der Waals surface area (Å²) in [4.78, 5) is 23.9. The predicted molar refractivity (Wildman–Crippen MR) is 112 cm³/mol. The third kappa shape index (κ3) is 6.32. The van der Waals surface area contributed by atoms with E-state index in [4.69, 9.17) is 4.74 Å². The molecule has 0 saturated carbocycles. The van der Waals surface area contributed by atoms with Crippen molar-refractivity contribution in [1.29, 1.82) is 0 Å². The maximum Gasteiger partial charge on any atom is 0.259 e. The van der Waals surface area contributed by atoms with Crippen LogP contribution in [-0.2, 0) is 4.79 Å². The normalized spacial score (nSPS) is 10.5. The third-order valence-corrected chi connectivity index (χ3v) is 3.96. The van der Waals surface area contributed by atoms with Gasteiger partial charge in [-0.2, -0.15) is 5.10 Å². The molecular weight excluding hydrogens is 366 g/mol. The molecule has 0 bridgehead atoms. The van der Waals surface area contributed by atoms with Gasteiger partial charge in [0.25, 0.3) is 11.8 Å². The molecule has 146 valence electrons. The molecule has 2 N–H and O–H groups in total. The van der Waals surface area contributed by atoms with Gasteiger partial charge in [-0.05, 0) is 48.9 Å². The molecule has 0 fully saturated rings. The zero-order valence-corrected chi connectivity index (χ0v) is 16.0. The Morgan fingerprint density at radius 1 is 0.931 bits per heavy atom. The van der Waals surface area contributed by atoms with E-state index in [1.54, 1.807) is 12.1 Å². The van der Waals surface area contributed by atoms with Gasteiger partial charge in [0.1, 0.15) is 11.5 Å². The fourth-order valence-electron chi connectivity index (χ4n) is 2.47. The van der Waals surface area contributed by atoms with E-state index in [1.165, 1.54) is 6.21 Å². The molecule has 0 atom stereocenters. The number of carbonyl (C=O) groups is 2. The summed E-state index contributed by atoms with van der Waals surface area (Å²) in [5.41, 5.74) is 4.72. The van der Waals surface area contributed by atoms with Crippen molar-refractivity contribution in [3.05, 3.63) is 95.6 Å². The summed E-state index contributed by atoms with van der Waals surface area (Å²) in [5, 5.41) is 6.48. The van der Waals surface area contributed by atoms with Crippen molar-refractivity contribution in [2.24, 2.45) is 5.10 Å². The zero-order valence-electron chi connectivity index (χ0n) is 16.0. The number of nitrogens with zero attached hydrogens (tertiary/aromatic N) is 1.